The number of hydrogen-bond acceptors (Lipinski definition) is 4. The van der Waals surface area contributed by atoms with E-state index in [0.29, 0.717) is 17.4 Å². The van der Waals surface area contributed by atoms with E-state index in [1.54, 1.807) is 5.38 Å². The first-order valence-electron chi connectivity index (χ1n) is 7.34. The van der Waals surface area contributed by atoms with E-state index in [1.165, 1.54) is 49.5 Å². The number of carbonyl (C=O) groups is 1. The summed E-state index contributed by atoms with van der Waals surface area (Å²) in [5.41, 5.74) is 0.343. The molecule has 1 atom stereocenters. The van der Waals surface area contributed by atoms with Gasteiger partial charge < -0.3 is 4.90 Å². The molecule has 21 heavy (non-hydrogen) atoms. The smallest absolute Gasteiger partial charge is 0.265 e. The molecule has 1 unspecified atom stereocenters. The molecule has 3 fully saturated rings. The maximum Gasteiger partial charge on any atom is 0.265 e. The largest absolute Gasteiger partial charge is 0.333 e. The standard InChI is InChI=1S/C14H18N2O3S2/c15-21(18,19)10-4-7-20-11(10)13(17)16-8-14(5-1-6-14)12(16)9-2-3-9/h4,7,9,12H,1-3,5-6,8H2,(H2,15,18,19). The second-order valence-electron chi connectivity index (χ2n) is 6.59. The fourth-order valence-corrected chi connectivity index (χ4v) is 5.93. The first-order valence-corrected chi connectivity index (χ1v) is 9.76. The van der Waals surface area contributed by atoms with E-state index in [9.17, 15) is 13.2 Å². The summed E-state index contributed by atoms with van der Waals surface area (Å²) < 4.78 is 23.2. The van der Waals surface area contributed by atoms with E-state index in [0.717, 1.165) is 6.54 Å². The molecule has 5 nitrogen and oxygen atoms in total. The molecule has 2 N–H and O–H groups in total. The Hall–Kier alpha value is -0.920. The van der Waals surface area contributed by atoms with Gasteiger partial charge in [0.15, 0.2) is 0 Å². The summed E-state index contributed by atoms with van der Waals surface area (Å²) in [4.78, 5) is 14.9. The van der Waals surface area contributed by atoms with Crippen molar-refractivity contribution in [3.8, 4) is 0 Å². The summed E-state index contributed by atoms with van der Waals surface area (Å²) in [7, 11) is -3.83. The average Bonchev–Trinajstić information content (AvgIpc) is 2.99. The van der Waals surface area contributed by atoms with Crippen LogP contribution in [0.4, 0.5) is 0 Å². The van der Waals surface area contributed by atoms with Crippen molar-refractivity contribution in [2.45, 2.75) is 43.0 Å². The topological polar surface area (TPSA) is 80.5 Å². The highest BCUT2D eigenvalue weighted by Gasteiger charge is 2.61. The lowest BCUT2D eigenvalue weighted by molar-refractivity contribution is -0.111. The predicted molar refractivity (Wildman–Crippen MR) is 79.5 cm³/mol. The molecule has 3 aliphatic rings. The van der Waals surface area contributed by atoms with Crippen LogP contribution in [0.2, 0.25) is 0 Å². The van der Waals surface area contributed by atoms with E-state index in [4.69, 9.17) is 5.14 Å². The Morgan fingerprint density at radius 1 is 1.38 bits per heavy atom. The van der Waals surface area contributed by atoms with Gasteiger partial charge in [-0.1, -0.05) is 6.42 Å². The zero-order valence-electron chi connectivity index (χ0n) is 11.6. The zero-order valence-corrected chi connectivity index (χ0v) is 13.3. The predicted octanol–water partition coefficient (Wildman–Crippen LogP) is 1.80. The molecule has 114 valence electrons. The number of nitrogens with two attached hydrogens (primary N) is 1. The minimum Gasteiger partial charge on any atom is -0.333 e. The Balaban J connectivity index is 1.63. The maximum atomic E-state index is 12.7. The lowest BCUT2D eigenvalue weighted by Crippen LogP contribution is -2.69. The fraction of sp³-hybridized carbons (Fsp3) is 0.643. The monoisotopic (exact) mass is 326 g/mol. The van der Waals surface area contributed by atoms with E-state index in [-0.39, 0.29) is 15.7 Å². The van der Waals surface area contributed by atoms with Gasteiger partial charge in [0.05, 0.1) is 0 Å². The number of primary sulfonamides is 1. The number of likely N-dealkylation sites (tertiary alicyclic amines) is 1. The molecule has 0 radical (unpaired) electrons. The van der Waals surface area contributed by atoms with Gasteiger partial charge in [0.2, 0.25) is 10.0 Å². The number of amides is 1. The number of rotatable bonds is 3. The van der Waals surface area contributed by atoms with Gasteiger partial charge in [-0.2, -0.15) is 0 Å². The van der Waals surface area contributed by atoms with Crippen molar-refractivity contribution in [3.05, 3.63) is 16.3 Å². The molecule has 1 aromatic heterocycles. The van der Waals surface area contributed by atoms with Crippen molar-refractivity contribution in [2.75, 3.05) is 6.54 Å². The maximum absolute atomic E-state index is 12.7. The van der Waals surface area contributed by atoms with Crippen molar-refractivity contribution in [2.24, 2.45) is 16.5 Å². The first kappa shape index (κ1) is 13.7. The second kappa shape index (κ2) is 4.30. The van der Waals surface area contributed by atoms with Crippen LogP contribution >= 0.6 is 11.3 Å². The molecule has 1 amide bonds. The lowest BCUT2D eigenvalue weighted by atomic mass is 9.56. The van der Waals surface area contributed by atoms with Gasteiger partial charge in [-0.05, 0) is 43.0 Å². The van der Waals surface area contributed by atoms with Crippen molar-refractivity contribution >= 4 is 27.3 Å². The highest BCUT2D eigenvalue weighted by molar-refractivity contribution is 7.89. The summed E-state index contributed by atoms with van der Waals surface area (Å²) in [6.45, 7) is 0.787. The first-order chi connectivity index (χ1) is 9.92. The van der Waals surface area contributed by atoms with Crippen molar-refractivity contribution < 1.29 is 13.2 Å². The minimum absolute atomic E-state index is 0.0263. The lowest BCUT2D eigenvalue weighted by Gasteiger charge is -2.63. The number of thiophene rings is 1. The number of sulfonamides is 1. The van der Waals surface area contributed by atoms with E-state index in [1.807, 2.05) is 4.90 Å². The molecular weight excluding hydrogens is 308 g/mol. The summed E-state index contributed by atoms with van der Waals surface area (Å²) in [5, 5.41) is 6.83. The number of hydrogen-bond donors (Lipinski definition) is 1. The van der Waals surface area contributed by atoms with Gasteiger partial charge in [0.1, 0.15) is 9.77 Å². The molecule has 0 aromatic carbocycles. The molecule has 2 heterocycles. The van der Waals surface area contributed by atoms with Crippen LogP contribution in [-0.2, 0) is 10.0 Å². The van der Waals surface area contributed by atoms with Gasteiger partial charge in [0.25, 0.3) is 5.91 Å². The van der Waals surface area contributed by atoms with Gasteiger partial charge in [-0.25, -0.2) is 13.6 Å². The number of carbonyl (C=O) groups excluding carboxylic acids is 1. The fourth-order valence-electron chi connectivity index (χ4n) is 4.01. The molecule has 7 heteroatoms. The van der Waals surface area contributed by atoms with Gasteiger partial charge in [-0.15, -0.1) is 11.3 Å². The summed E-state index contributed by atoms with van der Waals surface area (Å²) in [6, 6.07) is 1.76. The molecule has 2 saturated carbocycles. The molecular formula is C14H18N2O3S2. The highest BCUT2D eigenvalue weighted by atomic mass is 32.2. The molecule has 1 aliphatic heterocycles. The Kier molecular flexibility index (Phi) is 2.81. The molecule has 1 saturated heterocycles. The molecule has 4 rings (SSSR count). The third-order valence-electron chi connectivity index (χ3n) is 5.26. The molecule has 1 aromatic rings. The highest BCUT2D eigenvalue weighted by Crippen LogP contribution is 2.60. The Morgan fingerprint density at radius 3 is 2.62 bits per heavy atom. The van der Waals surface area contributed by atoms with E-state index < -0.39 is 10.0 Å². The Bertz CT molecular complexity index is 702. The second-order valence-corrected chi connectivity index (χ2v) is 9.04. The number of nitrogens with zero attached hydrogens (tertiary/aromatic N) is 1. The summed E-state index contributed by atoms with van der Waals surface area (Å²) in [6.07, 6.45) is 6.08. The Labute approximate surface area is 128 Å². The van der Waals surface area contributed by atoms with Gasteiger partial charge in [-0.3, -0.25) is 4.79 Å². The van der Waals surface area contributed by atoms with Crippen LogP contribution in [0.1, 0.15) is 41.8 Å². The van der Waals surface area contributed by atoms with Gasteiger partial charge >= 0.3 is 0 Å². The van der Waals surface area contributed by atoms with Crippen molar-refractivity contribution in [1.82, 2.24) is 4.90 Å². The Morgan fingerprint density at radius 2 is 2.10 bits per heavy atom. The van der Waals surface area contributed by atoms with Crippen LogP contribution in [0, 0.1) is 11.3 Å². The summed E-state index contributed by atoms with van der Waals surface area (Å²) >= 11 is 1.17. The van der Waals surface area contributed by atoms with Crippen LogP contribution < -0.4 is 5.14 Å². The van der Waals surface area contributed by atoms with Crippen LogP contribution in [0.5, 0.6) is 0 Å². The van der Waals surface area contributed by atoms with Gasteiger partial charge in [0, 0.05) is 18.0 Å². The van der Waals surface area contributed by atoms with Crippen molar-refractivity contribution in [1.29, 1.82) is 0 Å². The van der Waals surface area contributed by atoms with Crippen LogP contribution in [0.25, 0.3) is 0 Å². The van der Waals surface area contributed by atoms with E-state index in [2.05, 4.69) is 0 Å². The third-order valence-corrected chi connectivity index (χ3v) is 7.24. The average molecular weight is 326 g/mol. The van der Waals surface area contributed by atoms with Crippen LogP contribution in [-0.4, -0.2) is 31.8 Å². The van der Waals surface area contributed by atoms with E-state index >= 15 is 0 Å². The third kappa shape index (κ3) is 1.98. The molecule has 1 spiro atoms. The quantitative estimate of drug-likeness (QED) is 0.919. The molecule has 2 aliphatic carbocycles. The van der Waals surface area contributed by atoms with Crippen molar-refractivity contribution in [3.63, 3.8) is 0 Å². The van der Waals surface area contributed by atoms with Crippen LogP contribution in [0.3, 0.4) is 0 Å². The normalized spacial score (nSPS) is 27.3. The zero-order chi connectivity index (χ0) is 14.8. The molecule has 0 bridgehead atoms. The van der Waals surface area contributed by atoms with Crippen LogP contribution in [0.15, 0.2) is 16.3 Å². The summed E-state index contributed by atoms with van der Waals surface area (Å²) in [5.74, 6) is 0.476. The SMILES string of the molecule is NS(=O)(=O)c1ccsc1C(=O)N1CC2(CCC2)C1C1CC1. The minimum atomic E-state index is -3.83.